The van der Waals surface area contributed by atoms with E-state index in [2.05, 4.69) is 15.6 Å². The molecule has 0 spiro atoms. The van der Waals surface area contributed by atoms with Gasteiger partial charge in [-0.3, -0.25) is 9.59 Å². The van der Waals surface area contributed by atoms with Gasteiger partial charge in [0.1, 0.15) is 5.69 Å². The van der Waals surface area contributed by atoms with E-state index in [4.69, 9.17) is 27.9 Å². The van der Waals surface area contributed by atoms with E-state index in [1.165, 1.54) is 11.3 Å². The van der Waals surface area contributed by atoms with Gasteiger partial charge in [0, 0.05) is 43.1 Å². The lowest BCUT2D eigenvalue weighted by Crippen LogP contribution is -2.39. The average molecular weight is 473 g/mol. The van der Waals surface area contributed by atoms with Gasteiger partial charge in [-0.2, -0.15) is 0 Å². The van der Waals surface area contributed by atoms with Crippen molar-refractivity contribution < 1.29 is 14.3 Å². The smallest absolute Gasteiger partial charge is 0.273 e. The number of halogens is 2. The molecule has 0 aliphatic rings. The second kappa shape index (κ2) is 12.1. The molecule has 2 rings (SSSR count). The van der Waals surface area contributed by atoms with Gasteiger partial charge >= 0.3 is 0 Å². The molecule has 0 unspecified atom stereocenters. The van der Waals surface area contributed by atoms with Gasteiger partial charge in [0.2, 0.25) is 5.91 Å². The molecule has 2 amide bonds. The number of carbonyl (C=O) groups is 2. The zero-order chi connectivity index (χ0) is 22.1. The molecule has 2 N–H and O–H groups in total. The Bertz CT molecular complexity index is 862. The first kappa shape index (κ1) is 24.4. The summed E-state index contributed by atoms with van der Waals surface area (Å²) in [6, 6.07) is 5.17. The lowest BCUT2D eigenvalue weighted by Gasteiger charge is -2.21. The Labute approximate surface area is 190 Å². The van der Waals surface area contributed by atoms with Crippen molar-refractivity contribution >= 4 is 57.2 Å². The highest BCUT2D eigenvalue weighted by Crippen LogP contribution is 2.30. The number of benzene rings is 1. The summed E-state index contributed by atoms with van der Waals surface area (Å²) < 4.78 is 5.10. The third kappa shape index (κ3) is 7.43. The number of amides is 2. The second-order valence-electron chi connectivity index (χ2n) is 6.70. The summed E-state index contributed by atoms with van der Waals surface area (Å²) in [6.45, 7) is 4.97. The van der Waals surface area contributed by atoms with Gasteiger partial charge < -0.3 is 20.3 Å². The topological polar surface area (TPSA) is 83.6 Å². The van der Waals surface area contributed by atoms with Crippen LogP contribution in [0.3, 0.4) is 0 Å². The Morgan fingerprint density at radius 2 is 2.07 bits per heavy atom. The van der Waals surface area contributed by atoms with Crippen molar-refractivity contribution in [1.82, 2.24) is 15.2 Å². The number of methoxy groups -OCH3 is 1. The van der Waals surface area contributed by atoms with E-state index in [0.29, 0.717) is 39.7 Å². The van der Waals surface area contributed by atoms with Crippen molar-refractivity contribution in [3.63, 3.8) is 0 Å². The largest absolute Gasteiger partial charge is 0.383 e. The van der Waals surface area contributed by atoms with Crippen molar-refractivity contribution in [3.8, 4) is 0 Å². The van der Waals surface area contributed by atoms with E-state index >= 15 is 0 Å². The molecule has 2 aromatic rings. The van der Waals surface area contributed by atoms with Gasteiger partial charge in [-0.25, -0.2) is 4.98 Å². The Kier molecular flexibility index (Phi) is 9.84. The minimum atomic E-state index is -0.259. The number of aromatic nitrogens is 1. The number of carbonyl (C=O) groups excluding carboxylic acids is 2. The normalized spacial score (nSPS) is 11.8. The number of rotatable bonds is 11. The average Bonchev–Trinajstić information content (AvgIpc) is 3.18. The van der Waals surface area contributed by atoms with Crippen LogP contribution >= 0.6 is 34.5 Å². The highest BCUT2D eigenvalue weighted by atomic mass is 35.5. The van der Waals surface area contributed by atoms with Gasteiger partial charge in [0.15, 0.2) is 5.13 Å². The molecule has 0 radical (unpaired) electrons. The molecule has 30 heavy (non-hydrogen) atoms. The predicted octanol–water partition coefficient (Wildman–Crippen LogP) is 4.59. The SMILES string of the molecule is CC[C@@H](C)NC(=O)CCN(CCOC)C(=O)c1csc(Nc2cc(Cl)ccc2Cl)n1. The van der Waals surface area contributed by atoms with Crippen molar-refractivity contribution in [1.29, 1.82) is 0 Å². The van der Waals surface area contributed by atoms with Crippen molar-refractivity contribution in [2.24, 2.45) is 0 Å². The highest BCUT2D eigenvalue weighted by Gasteiger charge is 2.20. The number of hydrogen-bond donors (Lipinski definition) is 2. The van der Waals surface area contributed by atoms with E-state index in [1.807, 2.05) is 13.8 Å². The molecule has 1 heterocycles. The molecule has 10 heteroatoms. The Balaban J connectivity index is 2.04. The summed E-state index contributed by atoms with van der Waals surface area (Å²) in [5.74, 6) is -0.347. The van der Waals surface area contributed by atoms with Gasteiger partial charge in [0.05, 0.1) is 17.3 Å². The number of hydrogen-bond acceptors (Lipinski definition) is 6. The maximum absolute atomic E-state index is 12.9. The monoisotopic (exact) mass is 472 g/mol. The van der Waals surface area contributed by atoms with Gasteiger partial charge in [-0.1, -0.05) is 30.1 Å². The first-order valence-electron chi connectivity index (χ1n) is 9.59. The molecular weight excluding hydrogens is 447 g/mol. The fourth-order valence-electron chi connectivity index (χ4n) is 2.50. The third-order valence-electron chi connectivity index (χ3n) is 4.37. The van der Waals surface area contributed by atoms with Crippen molar-refractivity contribution in [3.05, 3.63) is 39.3 Å². The molecule has 0 saturated heterocycles. The summed E-state index contributed by atoms with van der Waals surface area (Å²) in [5, 5.41) is 9.21. The van der Waals surface area contributed by atoms with E-state index < -0.39 is 0 Å². The van der Waals surface area contributed by atoms with Crippen LogP contribution in [0.15, 0.2) is 23.6 Å². The van der Waals surface area contributed by atoms with Crippen LogP contribution in [0.4, 0.5) is 10.8 Å². The summed E-state index contributed by atoms with van der Waals surface area (Å²) in [4.78, 5) is 31.0. The Hall–Kier alpha value is -1.87. The molecule has 0 aliphatic heterocycles. The summed E-state index contributed by atoms with van der Waals surface area (Å²) in [7, 11) is 1.57. The standard InChI is InChI=1S/C20H26Cl2N4O3S/c1-4-13(2)23-18(27)7-8-26(9-10-29-3)19(28)17-12-30-20(25-17)24-16-11-14(21)5-6-15(16)22/h5-6,11-13H,4,7-10H2,1-3H3,(H,23,27)(H,24,25)/t13-/m1/s1. The first-order chi connectivity index (χ1) is 14.3. The van der Waals surface area contributed by atoms with Crippen LogP contribution in [0.2, 0.25) is 10.0 Å². The van der Waals surface area contributed by atoms with E-state index in [9.17, 15) is 9.59 Å². The molecule has 1 aromatic heterocycles. The third-order valence-corrected chi connectivity index (χ3v) is 5.70. The predicted molar refractivity (Wildman–Crippen MR) is 122 cm³/mol. The number of nitrogens with zero attached hydrogens (tertiary/aromatic N) is 2. The summed E-state index contributed by atoms with van der Waals surface area (Å²) in [5.41, 5.74) is 0.898. The minimum Gasteiger partial charge on any atom is -0.383 e. The Morgan fingerprint density at radius 1 is 1.30 bits per heavy atom. The van der Waals surface area contributed by atoms with Crippen LogP contribution < -0.4 is 10.6 Å². The molecule has 0 bridgehead atoms. The Morgan fingerprint density at radius 3 is 2.77 bits per heavy atom. The molecule has 1 atom stereocenters. The number of ether oxygens (including phenoxy) is 1. The van der Waals surface area contributed by atoms with Crippen LogP contribution in [-0.4, -0.2) is 54.5 Å². The summed E-state index contributed by atoms with van der Waals surface area (Å²) in [6.07, 6.45) is 1.07. The van der Waals surface area contributed by atoms with Gasteiger partial charge in [-0.15, -0.1) is 11.3 Å². The number of thiazole rings is 1. The lowest BCUT2D eigenvalue weighted by atomic mass is 10.2. The molecule has 164 valence electrons. The first-order valence-corrected chi connectivity index (χ1v) is 11.2. The quantitative estimate of drug-likeness (QED) is 0.499. The minimum absolute atomic E-state index is 0.0872. The van der Waals surface area contributed by atoms with E-state index in [1.54, 1.807) is 35.6 Å². The highest BCUT2D eigenvalue weighted by molar-refractivity contribution is 7.14. The molecular formula is C20H26Cl2N4O3S. The van der Waals surface area contributed by atoms with Crippen molar-refractivity contribution in [2.45, 2.75) is 32.7 Å². The van der Waals surface area contributed by atoms with Gasteiger partial charge in [-0.05, 0) is 31.5 Å². The van der Waals surface area contributed by atoms with Crippen LogP contribution in [0.5, 0.6) is 0 Å². The maximum atomic E-state index is 12.9. The van der Waals surface area contributed by atoms with Crippen LogP contribution in [0.25, 0.3) is 0 Å². The van der Waals surface area contributed by atoms with E-state index in [-0.39, 0.29) is 30.8 Å². The second-order valence-corrected chi connectivity index (χ2v) is 8.40. The van der Waals surface area contributed by atoms with E-state index in [0.717, 1.165) is 6.42 Å². The molecule has 0 aliphatic carbocycles. The zero-order valence-corrected chi connectivity index (χ0v) is 19.5. The number of nitrogens with one attached hydrogen (secondary N) is 2. The van der Waals surface area contributed by atoms with Crippen LogP contribution in [0, 0.1) is 0 Å². The van der Waals surface area contributed by atoms with Crippen LogP contribution in [-0.2, 0) is 9.53 Å². The molecule has 0 fully saturated rings. The summed E-state index contributed by atoms with van der Waals surface area (Å²) >= 11 is 13.5. The molecule has 1 aromatic carbocycles. The fourth-order valence-corrected chi connectivity index (χ4v) is 3.54. The lowest BCUT2D eigenvalue weighted by molar-refractivity contribution is -0.121. The molecule has 0 saturated carbocycles. The van der Waals surface area contributed by atoms with Gasteiger partial charge in [0.25, 0.3) is 5.91 Å². The number of anilines is 2. The fraction of sp³-hybridized carbons (Fsp3) is 0.450. The maximum Gasteiger partial charge on any atom is 0.273 e. The van der Waals surface area contributed by atoms with Crippen molar-refractivity contribution in [2.75, 3.05) is 32.1 Å². The van der Waals surface area contributed by atoms with Crippen LogP contribution in [0.1, 0.15) is 37.2 Å². The zero-order valence-electron chi connectivity index (χ0n) is 17.2. The molecule has 7 nitrogen and oxygen atoms in total.